The Morgan fingerprint density at radius 1 is 1.18 bits per heavy atom. The van der Waals surface area contributed by atoms with Crippen molar-refractivity contribution >= 4 is 52.6 Å². The molecule has 17 heavy (non-hydrogen) atoms. The summed E-state index contributed by atoms with van der Waals surface area (Å²) in [6.07, 6.45) is -1.05. The highest BCUT2D eigenvalue weighted by atomic mass is 35.6. The van der Waals surface area contributed by atoms with Gasteiger partial charge < -0.3 is 4.74 Å². The van der Waals surface area contributed by atoms with Crippen LogP contribution in [0.4, 0.5) is 10.5 Å². The summed E-state index contributed by atoms with van der Waals surface area (Å²) in [6.45, 7) is 1.08. The molecule has 0 saturated heterocycles. The van der Waals surface area contributed by atoms with Crippen LogP contribution in [0.3, 0.4) is 0 Å². The van der Waals surface area contributed by atoms with E-state index >= 15 is 0 Å². The van der Waals surface area contributed by atoms with E-state index in [1.807, 2.05) is 0 Å². The molecule has 1 aromatic rings. The molecule has 0 unspecified atom stereocenters. The summed E-state index contributed by atoms with van der Waals surface area (Å²) in [7, 11) is 0. The van der Waals surface area contributed by atoms with Crippen LogP contribution in [0.25, 0.3) is 0 Å². The molecule has 1 amide bonds. The van der Waals surface area contributed by atoms with E-state index in [9.17, 15) is 9.59 Å². The zero-order valence-corrected chi connectivity index (χ0v) is 11.0. The SMILES string of the molecule is CC(=O)OC(=O)N(c1ccccc1)C(Cl)(Cl)Cl. The lowest BCUT2D eigenvalue weighted by atomic mass is 10.3. The lowest BCUT2D eigenvalue weighted by Gasteiger charge is -2.27. The van der Waals surface area contributed by atoms with Crippen molar-refractivity contribution in [2.24, 2.45) is 0 Å². The number of rotatable bonds is 1. The van der Waals surface area contributed by atoms with Gasteiger partial charge >= 0.3 is 12.1 Å². The van der Waals surface area contributed by atoms with Crippen molar-refractivity contribution in [1.29, 1.82) is 0 Å². The summed E-state index contributed by atoms with van der Waals surface area (Å²) in [5, 5.41) is 0. The molecular formula is C10H8Cl3NO3. The van der Waals surface area contributed by atoms with Gasteiger partial charge in [0.15, 0.2) is 0 Å². The van der Waals surface area contributed by atoms with E-state index in [4.69, 9.17) is 34.8 Å². The topological polar surface area (TPSA) is 46.6 Å². The molecule has 92 valence electrons. The van der Waals surface area contributed by atoms with Crippen LogP contribution in [0.5, 0.6) is 0 Å². The molecule has 0 aromatic heterocycles. The summed E-state index contributed by atoms with van der Waals surface area (Å²) in [6, 6.07) is 8.13. The Morgan fingerprint density at radius 3 is 2.12 bits per heavy atom. The number of ether oxygens (including phenoxy) is 1. The number of carbonyl (C=O) groups excluding carboxylic acids is 2. The zero-order valence-electron chi connectivity index (χ0n) is 8.69. The predicted molar refractivity (Wildman–Crippen MR) is 66.4 cm³/mol. The molecule has 0 N–H and O–H groups in total. The minimum atomic E-state index is -2.05. The molecule has 0 heterocycles. The van der Waals surface area contributed by atoms with Crippen molar-refractivity contribution in [3.63, 3.8) is 0 Å². The minimum Gasteiger partial charge on any atom is -0.376 e. The molecule has 0 radical (unpaired) electrons. The van der Waals surface area contributed by atoms with Gasteiger partial charge in [0.05, 0.1) is 5.69 Å². The molecule has 0 bridgehead atoms. The van der Waals surface area contributed by atoms with E-state index in [1.54, 1.807) is 30.3 Å². The fourth-order valence-corrected chi connectivity index (χ4v) is 1.60. The van der Waals surface area contributed by atoms with Crippen molar-refractivity contribution in [3.05, 3.63) is 30.3 Å². The Kier molecular flexibility index (Phi) is 4.62. The number of hydrogen-bond donors (Lipinski definition) is 0. The van der Waals surface area contributed by atoms with Gasteiger partial charge in [-0.15, -0.1) is 0 Å². The molecule has 0 aliphatic heterocycles. The van der Waals surface area contributed by atoms with Gasteiger partial charge in [-0.2, -0.15) is 0 Å². The molecule has 4 nitrogen and oxygen atoms in total. The lowest BCUT2D eigenvalue weighted by molar-refractivity contribution is -0.134. The first-order chi connectivity index (χ1) is 7.82. The first-order valence-corrected chi connectivity index (χ1v) is 5.60. The number of benzene rings is 1. The van der Waals surface area contributed by atoms with Gasteiger partial charge in [-0.25, -0.2) is 9.69 Å². The maximum absolute atomic E-state index is 11.6. The van der Waals surface area contributed by atoms with Crippen molar-refractivity contribution in [3.8, 4) is 0 Å². The van der Waals surface area contributed by atoms with Crippen molar-refractivity contribution in [1.82, 2.24) is 0 Å². The van der Waals surface area contributed by atoms with E-state index < -0.39 is 16.0 Å². The number of carbonyl (C=O) groups is 2. The van der Waals surface area contributed by atoms with Crippen molar-refractivity contribution in [2.75, 3.05) is 4.90 Å². The third-order valence-electron chi connectivity index (χ3n) is 1.68. The van der Waals surface area contributed by atoms with Crippen molar-refractivity contribution < 1.29 is 14.3 Å². The van der Waals surface area contributed by atoms with Gasteiger partial charge in [0.25, 0.3) is 3.92 Å². The number of para-hydroxylation sites is 1. The molecule has 7 heteroatoms. The summed E-state index contributed by atoms with van der Waals surface area (Å²) in [4.78, 5) is 23.1. The Bertz CT molecular complexity index is 417. The molecule has 0 aliphatic carbocycles. The van der Waals surface area contributed by atoms with Gasteiger partial charge in [0, 0.05) is 6.92 Å². The maximum Gasteiger partial charge on any atom is 0.425 e. The van der Waals surface area contributed by atoms with Gasteiger partial charge in [-0.1, -0.05) is 53.0 Å². The van der Waals surface area contributed by atoms with E-state index in [0.29, 0.717) is 5.69 Å². The molecular weight excluding hydrogens is 288 g/mol. The van der Waals surface area contributed by atoms with Crippen molar-refractivity contribution in [2.45, 2.75) is 10.8 Å². The minimum absolute atomic E-state index is 0.304. The first kappa shape index (κ1) is 14.1. The van der Waals surface area contributed by atoms with Gasteiger partial charge in [0.2, 0.25) is 0 Å². The second kappa shape index (κ2) is 5.58. The summed E-state index contributed by atoms with van der Waals surface area (Å²) >= 11 is 17.0. The average molecular weight is 297 g/mol. The molecule has 1 rings (SSSR count). The largest absolute Gasteiger partial charge is 0.425 e. The first-order valence-electron chi connectivity index (χ1n) is 4.46. The van der Waals surface area contributed by atoms with Crippen LogP contribution in [-0.2, 0) is 9.53 Å². The Hall–Kier alpha value is -0.970. The zero-order chi connectivity index (χ0) is 13.1. The second-order valence-corrected chi connectivity index (χ2v) is 5.22. The van der Waals surface area contributed by atoms with Crippen LogP contribution in [0.15, 0.2) is 30.3 Å². The standard InChI is InChI=1S/C10H8Cl3NO3/c1-7(15)17-9(16)14(10(11,12)13)8-5-3-2-4-6-8/h2-6H,1H3. The van der Waals surface area contributed by atoms with Crippen LogP contribution >= 0.6 is 34.8 Å². The third kappa shape index (κ3) is 4.07. The summed E-state index contributed by atoms with van der Waals surface area (Å²) in [5.41, 5.74) is 0.304. The highest BCUT2D eigenvalue weighted by molar-refractivity contribution is 6.69. The normalized spacial score (nSPS) is 10.8. The fourth-order valence-electron chi connectivity index (χ4n) is 1.10. The van der Waals surface area contributed by atoms with E-state index in [1.165, 1.54) is 0 Å². The number of nitrogens with zero attached hydrogens (tertiary/aromatic N) is 1. The highest BCUT2D eigenvalue weighted by Crippen LogP contribution is 2.35. The summed E-state index contributed by atoms with van der Waals surface area (Å²) < 4.78 is 2.34. The number of anilines is 1. The Labute approximate surface area is 113 Å². The smallest absolute Gasteiger partial charge is 0.376 e. The Balaban J connectivity index is 3.06. The highest BCUT2D eigenvalue weighted by Gasteiger charge is 2.37. The monoisotopic (exact) mass is 295 g/mol. The third-order valence-corrected chi connectivity index (χ3v) is 2.19. The van der Waals surface area contributed by atoms with E-state index in [-0.39, 0.29) is 0 Å². The number of alkyl halides is 3. The van der Waals surface area contributed by atoms with Gasteiger partial charge in [0.1, 0.15) is 0 Å². The van der Waals surface area contributed by atoms with Crippen LogP contribution in [-0.4, -0.2) is 16.0 Å². The molecule has 0 spiro atoms. The van der Waals surface area contributed by atoms with E-state index in [0.717, 1.165) is 11.8 Å². The summed E-state index contributed by atoms with van der Waals surface area (Å²) in [5.74, 6) is -0.787. The van der Waals surface area contributed by atoms with Gasteiger partial charge in [-0.05, 0) is 12.1 Å². The Morgan fingerprint density at radius 2 is 1.71 bits per heavy atom. The molecule has 1 aromatic carbocycles. The average Bonchev–Trinajstić information content (AvgIpc) is 2.15. The van der Waals surface area contributed by atoms with Crippen LogP contribution < -0.4 is 4.90 Å². The number of amides is 1. The molecule has 0 saturated carbocycles. The second-order valence-electron chi connectivity index (χ2n) is 3.00. The lowest BCUT2D eigenvalue weighted by Crippen LogP contribution is -2.41. The van der Waals surface area contributed by atoms with Crippen LogP contribution in [0.2, 0.25) is 0 Å². The molecule has 0 atom stereocenters. The molecule has 0 aliphatic rings. The fraction of sp³-hybridized carbons (Fsp3) is 0.200. The quantitative estimate of drug-likeness (QED) is 0.345. The maximum atomic E-state index is 11.6. The number of hydrogen-bond acceptors (Lipinski definition) is 3. The predicted octanol–water partition coefficient (Wildman–Crippen LogP) is 3.50. The van der Waals surface area contributed by atoms with E-state index in [2.05, 4.69) is 4.74 Å². The molecule has 0 fully saturated rings. The number of halogens is 3. The number of esters is 1. The van der Waals surface area contributed by atoms with Gasteiger partial charge in [-0.3, -0.25) is 4.79 Å². The van der Waals surface area contributed by atoms with Crippen LogP contribution in [0, 0.1) is 0 Å². The van der Waals surface area contributed by atoms with Crippen LogP contribution in [0.1, 0.15) is 6.92 Å².